The molecule has 1 heteroatoms. The highest BCUT2D eigenvalue weighted by atomic mass is 15.1. The summed E-state index contributed by atoms with van der Waals surface area (Å²) in [5.74, 6) is 3.23. The number of anilines is 3. The van der Waals surface area contributed by atoms with Gasteiger partial charge in [0.1, 0.15) is 0 Å². The molecule has 7 aromatic carbocycles. The summed E-state index contributed by atoms with van der Waals surface area (Å²) in [5.41, 5.74) is 23.5. The van der Waals surface area contributed by atoms with E-state index < -0.39 is 0 Å². The van der Waals surface area contributed by atoms with Gasteiger partial charge < -0.3 is 4.90 Å². The Morgan fingerprint density at radius 1 is 0.390 bits per heavy atom. The van der Waals surface area contributed by atoms with Gasteiger partial charge in [0.25, 0.3) is 0 Å². The molecule has 7 aliphatic carbocycles. The van der Waals surface area contributed by atoms with E-state index in [9.17, 15) is 0 Å². The topological polar surface area (TPSA) is 3.24 Å². The Morgan fingerprint density at radius 2 is 0.881 bits per heavy atom. The van der Waals surface area contributed by atoms with Crippen LogP contribution in [0.2, 0.25) is 0 Å². The SMILES string of the molecule is CC1(C)c2ccccc2-c2c(N(c3ccc4c(c3)C3(c5ccccc5-4)C4CC5CC(C4)CC3C5)c3ccccc3-c3cccc4c3C(C)(C)c3ccccc3-4)cccc21. The Kier molecular flexibility index (Phi) is 6.82. The fraction of sp³-hybridized carbons (Fsp3) is 0.276. The Bertz CT molecular complexity index is 2890. The lowest BCUT2D eigenvalue weighted by Gasteiger charge is -2.61. The van der Waals surface area contributed by atoms with Gasteiger partial charge in [-0.3, -0.25) is 0 Å². The molecule has 0 amide bonds. The Balaban J connectivity index is 1.09. The van der Waals surface area contributed by atoms with Crippen molar-refractivity contribution >= 4 is 17.1 Å². The van der Waals surface area contributed by atoms with E-state index in [1.54, 1.807) is 11.1 Å². The lowest BCUT2D eigenvalue weighted by atomic mass is 9.43. The maximum atomic E-state index is 2.69. The van der Waals surface area contributed by atoms with E-state index >= 15 is 0 Å². The second-order valence-electron chi connectivity index (χ2n) is 20.1. The first-order valence-electron chi connectivity index (χ1n) is 22.4. The van der Waals surface area contributed by atoms with Crippen LogP contribution >= 0.6 is 0 Å². The average molecular weight is 762 g/mol. The van der Waals surface area contributed by atoms with Crippen LogP contribution in [-0.2, 0) is 16.2 Å². The lowest BCUT2D eigenvalue weighted by molar-refractivity contribution is -0.0399. The summed E-state index contributed by atoms with van der Waals surface area (Å²) < 4.78 is 0. The van der Waals surface area contributed by atoms with Crippen LogP contribution in [0.1, 0.15) is 93.2 Å². The second kappa shape index (κ2) is 11.8. The number of hydrogen-bond acceptors (Lipinski definition) is 1. The van der Waals surface area contributed by atoms with Crippen molar-refractivity contribution in [1.29, 1.82) is 0 Å². The summed E-state index contributed by atoms with van der Waals surface area (Å²) in [6.07, 6.45) is 6.99. The van der Waals surface area contributed by atoms with Gasteiger partial charge in [-0.1, -0.05) is 155 Å². The van der Waals surface area contributed by atoms with Crippen LogP contribution in [0.5, 0.6) is 0 Å². The van der Waals surface area contributed by atoms with Crippen LogP contribution in [0, 0.1) is 23.7 Å². The van der Waals surface area contributed by atoms with Gasteiger partial charge in [0.15, 0.2) is 0 Å². The van der Waals surface area contributed by atoms with Gasteiger partial charge in [-0.2, -0.15) is 0 Å². The summed E-state index contributed by atoms with van der Waals surface area (Å²) >= 11 is 0. The standard InChI is InChI=1S/C58H51N/c1-56(2)48-22-10-7-18-46(48)54-50(56)24-14-26-53(54)59(52-25-12-8-17-43(52)45-20-13-19-44-41-16-5-9-21-47(41)57(3,4)55(44)45)39-27-28-42-40-15-6-11-23-49(40)58(51(42)34-39)37-30-35-29-36(32-37)33-38(58)31-35/h5-28,34-38H,29-33H2,1-4H3. The number of hydrogen-bond donors (Lipinski definition) is 0. The molecule has 0 atom stereocenters. The van der Waals surface area contributed by atoms with Crippen molar-refractivity contribution in [3.8, 4) is 44.5 Å². The van der Waals surface area contributed by atoms with Crippen molar-refractivity contribution in [2.75, 3.05) is 4.90 Å². The fourth-order valence-corrected chi connectivity index (χ4v) is 14.6. The minimum absolute atomic E-state index is 0.0871. The Hall–Kier alpha value is -5.66. The molecule has 0 heterocycles. The largest absolute Gasteiger partial charge is 0.309 e. The van der Waals surface area contributed by atoms with Crippen molar-refractivity contribution in [3.05, 3.63) is 185 Å². The van der Waals surface area contributed by atoms with Crippen LogP contribution in [0.3, 0.4) is 0 Å². The summed E-state index contributed by atoms with van der Waals surface area (Å²) in [7, 11) is 0. The first-order chi connectivity index (χ1) is 28.8. The van der Waals surface area contributed by atoms with Crippen LogP contribution in [-0.4, -0.2) is 0 Å². The molecule has 0 aromatic heterocycles. The Morgan fingerprint density at radius 3 is 1.59 bits per heavy atom. The maximum absolute atomic E-state index is 2.69. The van der Waals surface area contributed by atoms with Gasteiger partial charge in [0, 0.05) is 33.1 Å². The molecule has 1 spiro atoms. The zero-order valence-electron chi connectivity index (χ0n) is 34.7. The molecule has 0 N–H and O–H groups in total. The summed E-state index contributed by atoms with van der Waals surface area (Å²) in [4.78, 5) is 2.67. The summed E-state index contributed by atoms with van der Waals surface area (Å²) in [6.45, 7) is 9.67. The molecule has 0 radical (unpaired) electrons. The molecular formula is C58H51N. The van der Waals surface area contributed by atoms with E-state index in [4.69, 9.17) is 0 Å². The fourth-order valence-electron chi connectivity index (χ4n) is 14.6. The molecule has 4 bridgehead atoms. The van der Waals surface area contributed by atoms with Gasteiger partial charge in [0.2, 0.25) is 0 Å². The lowest BCUT2D eigenvalue weighted by Crippen LogP contribution is -2.55. The first-order valence-corrected chi connectivity index (χ1v) is 22.4. The van der Waals surface area contributed by atoms with Gasteiger partial charge in [-0.25, -0.2) is 0 Å². The van der Waals surface area contributed by atoms with Crippen molar-refractivity contribution in [1.82, 2.24) is 0 Å². The molecule has 4 fully saturated rings. The molecule has 0 unspecified atom stereocenters. The van der Waals surface area contributed by atoms with Gasteiger partial charge in [-0.05, 0) is 147 Å². The molecular weight excluding hydrogens is 711 g/mol. The molecule has 59 heavy (non-hydrogen) atoms. The molecule has 288 valence electrons. The van der Waals surface area contributed by atoms with Crippen LogP contribution in [0.25, 0.3) is 44.5 Å². The molecule has 0 aliphatic heterocycles. The third-order valence-electron chi connectivity index (χ3n) is 16.6. The van der Waals surface area contributed by atoms with Crippen molar-refractivity contribution in [3.63, 3.8) is 0 Å². The molecule has 7 aromatic rings. The third kappa shape index (κ3) is 4.31. The van der Waals surface area contributed by atoms with Crippen LogP contribution < -0.4 is 4.90 Å². The average Bonchev–Trinajstić information content (AvgIpc) is 3.78. The molecule has 7 aliphatic rings. The Labute approximate surface area is 349 Å². The van der Waals surface area contributed by atoms with Crippen LogP contribution in [0.15, 0.2) is 152 Å². The highest BCUT2D eigenvalue weighted by Crippen LogP contribution is 2.70. The molecule has 4 saturated carbocycles. The zero-order valence-corrected chi connectivity index (χ0v) is 34.7. The van der Waals surface area contributed by atoms with Gasteiger partial charge in [-0.15, -0.1) is 0 Å². The van der Waals surface area contributed by atoms with Crippen LogP contribution in [0.4, 0.5) is 17.1 Å². The predicted molar refractivity (Wildman–Crippen MR) is 245 cm³/mol. The third-order valence-corrected chi connectivity index (χ3v) is 16.6. The number of nitrogens with zero attached hydrogens (tertiary/aromatic N) is 1. The van der Waals surface area contributed by atoms with E-state index in [-0.39, 0.29) is 16.2 Å². The highest BCUT2D eigenvalue weighted by molar-refractivity contribution is 6.00. The zero-order chi connectivity index (χ0) is 39.4. The quantitative estimate of drug-likeness (QED) is 0.173. The smallest absolute Gasteiger partial charge is 0.0543 e. The first kappa shape index (κ1) is 34.2. The number of para-hydroxylation sites is 1. The number of benzene rings is 7. The minimum Gasteiger partial charge on any atom is -0.309 e. The summed E-state index contributed by atoms with van der Waals surface area (Å²) in [6, 6.07) is 58.9. The normalized spacial score (nSPS) is 24.9. The monoisotopic (exact) mass is 761 g/mol. The highest BCUT2D eigenvalue weighted by Gasteiger charge is 2.61. The summed E-state index contributed by atoms with van der Waals surface area (Å²) in [5, 5.41) is 0. The molecule has 14 rings (SSSR count). The van der Waals surface area contributed by atoms with E-state index in [0.29, 0.717) is 11.8 Å². The van der Waals surface area contributed by atoms with Gasteiger partial charge in [0.05, 0.1) is 11.4 Å². The van der Waals surface area contributed by atoms with E-state index in [1.165, 1.54) is 116 Å². The maximum Gasteiger partial charge on any atom is 0.0543 e. The van der Waals surface area contributed by atoms with Crippen molar-refractivity contribution in [2.45, 2.75) is 76.0 Å². The van der Waals surface area contributed by atoms with Crippen molar-refractivity contribution < 1.29 is 0 Å². The molecule has 0 saturated heterocycles. The van der Waals surface area contributed by atoms with E-state index in [1.807, 2.05) is 0 Å². The van der Waals surface area contributed by atoms with E-state index in [2.05, 4.69) is 184 Å². The van der Waals surface area contributed by atoms with Crippen molar-refractivity contribution in [2.24, 2.45) is 23.7 Å². The predicted octanol–water partition coefficient (Wildman–Crippen LogP) is 15.2. The minimum atomic E-state index is -0.136. The number of fused-ring (bicyclic) bond motifs is 9. The number of rotatable bonds is 4. The van der Waals surface area contributed by atoms with Gasteiger partial charge >= 0.3 is 0 Å². The van der Waals surface area contributed by atoms with E-state index in [0.717, 1.165) is 11.8 Å². The second-order valence-corrected chi connectivity index (χ2v) is 20.1. The molecule has 1 nitrogen and oxygen atoms in total.